The van der Waals surface area contributed by atoms with Gasteiger partial charge in [0.25, 0.3) is 5.91 Å². The molecule has 4 rings (SSSR count). The van der Waals surface area contributed by atoms with Crippen molar-refractivity contribution in [2.45, 2.75) is 38.3 Å². The lowest BCUT2D eigenvalue weighted by Gasteiger charge is -2.25. The topological polar surface area (TPSA) is 71.5 Å². The van der Waals surface area contributed by atoms with Gasteiger partial charge in [-0.25, -0.2) is 0 Å². The van der Waals surface area contributed by atoms with Crippen molar-refractivity contribution in [3.63, 3.8) is 0 Å². The molecule has 0 unspecified atom stereocenters. The summed E-state index contributed by atoms with van der Waals surface area (Å²) in [5.41, 5.74) is 3.08. The molecule has 0 aliphatic carbocycles. The summed E-state index contributed by atoms with van der Waals surface area (Å²) in [6.45, 7) is 3.26. The fourth-order valence-electron chi connectivity index (χ4n) is 3.80. The summed E-state index contributed by atoms with van der Waals surface area (Å²) in [6.07, 6.45) is 3.95. The molecule has 2 aliphatic rings. The number of nitrogens with one attached hydrogen (secondary N) is 1. The third kappa shape index (κ3) is 3.57. The third-order valence-corrected chi connectivity index (χ3v) is 5.12. The first-order valence-corrected chi connectivity index (χ1v) is 9.37. The van der Waals surface area contributed by atoms with Crippen LogP contribution in [0.4, 0.5) is 5.69 Å². The van der Waals surface area contributed by atoms with Gasteiger partial charge in [0.15, 0.2) is 0 Å². The Bertz CT molecular complexity index is 861. The molecule has 1 aromatic carbocycles. The van der Waals surface area contributed by atoms with Gasteiger partial charge in [-0.15, -0.1) is 0 Å². The number of aromatic nitrogens is 1. The van der Waals surface area contributed by atoms with Crippen molar-refractivity contribution in [1.82, 2.24) is 10.3 Å². The second-order valence-corrected chi connectivity index (χ2v) is 7.11. The lowest BCUT2D eigenvalue weighted by Crippen LogP contribution is -2.36. The molecule has 2 aromatic rings. The van der Waals surface area contributed by atoms with Gasteiger partial charge >= 0.3 is 0 Å². The van der Waals surface area contributed by atoms with Crippen LogP contribution in [0.2, 0.25) is 0 Å². The Kier molecular flexibility index (Phi) is 4.90. The highest BCUT2D eigenvalue weighted by atomic mass is 16.5. The molecule has 0 bridgehead atoms. The van der Waals surface area contributed by atoms with Crippen molar-refractivity contribution < 1.29 is 14.3 Å². The molecule has 1 N–H and O–H groups in total. The number of carbonyl (C=O) groups is 2. The number of benzene rings is 1. The van der Waals surface area contributed by atoms with E-state index in [1.165, 1.54) is 0 Å². The number of hydrogen-bond donors (Lipinski definition) is 1. The molecule has 3 heterocycles. The van der Waals surface area contributed by atoms with E-state index in [9.17, 15) is 9.59 Å². The summed E-state index contributed by atoms with van der Waals surface area (Å²) in [7, 11) is 0. The van der Waals surface area contributed by atoms with Crippen molar-refractivity contribution in [2.75, 3.05) is 18.1 Å². The van der Waals surface area contributed by atoms with Crippen molar-refractivity contribution in [3.8, 4) is 0 Å². The Labute approximate surface area is 158 Å². The maximum Gasteiger partial charge on any atom is 0.260 e. The van der Waals surface area contributed by atoms with Crippen LogP contribution in [-0.2, 0) is 9.53 Å². The highest BCUT2D eigenvalue weighted by Gasteiger charge is 2.40. The second-order valence-electron chi connectivity index (χ2n) is 7.11. The summed E-state index contributed by atoms with van der Waals surface area (Å²) in [6, 6.07) is 10.9. The van der Waals surface area contributed by atoms with Crippen LogP contribution in [-0.4, -0.2) is 36.1 Å². The minimum absolute atomic E-state index is 0.0949. The first-order chi connectivity index (χ1) is 13.1. The Morgan fingerprint density at radius 3 is 3.00 bits per heavy atom. The molecule has 1 saturated heterocycles. The van der Waals surface area contributed by atoms with Gasteiger partial charge in [0.05, 0.1) is 29.8 Å². The average Bonchev–Trinajstić information content (AvgIpc) is 3.28. The lowest BCUT2D eigenvalue weighted by atomic mass is 10.1. The second kappa shape index (κ2) is 7.48. The van der Waals surface area contributed by atoms with Crippen LogP contribution in [0.3, 0.4) is 0 Å². The van der Waals surface area contributed by atoms with E-state index in [-0.39, 0.29) is 24.3 Å². The molecular weight excluding hydrogens is 342 g/mol. The molecule has 1 aromatic heterocycles. The Morgan fingerprint density at radius 2 is 2.22 bits per heavy atom. The molecular formula is C21H23N3O3. The predicted octanol–water partition coefficient (Wildman–Crippen LogP) is 2.78. The van der Waals surface area contributed by atoms with Crippen LogP contribution >= 0.6 is 0 Å². The summed E-state index contributed by atoms with van der Waals surface area (Å²) in [4.78, 5) is 31.7. The number of fused-ring (bicyclic) bond motifs is 1. The Morgan fingerprint density at radius 1 is 1.33 bits per heavy atom. The van der Waals surface area contributed by atoms with E-state index in [1.807, 2.05) is 31.2 Å². The van der Waals surface area contributed by atoms with Crippen molar-refractivity contribution in [1.29, 1.82) is 0 Å². The van der Waals surface area contributed by atoms with Crippen molar-refractivity contribution in [3.05, 3.63) is 59.4 Å². The zero-order valence-electron chi connectivity index (χ0n) is 15.4. The van der Waals surface area contributed by atoms with Gasteiger partial charge in [-0.2, -0.15) is 0 Å². The summed E-state index contributed by atoms with van der Waals surface area (Å²) < 4.78 is 5.56. The fraction of sp³-hybridized carbons (Fsp3) is 0.381. The fourth-order valence-corrected chi connectivity index (χ4v) is 3.80. The van der Waals surface area contributed by atoms with E-state index >= 15 is 0 Å². The number of amides is 2. The Hall–Kier alpha value is -2.73. The molecule has 2 amide bonds. The van der Waals surface area contributed by atoms with Gasteiger partial charge in [0.2, 0.25) is 5.91 Å². The minimum atomic E-state index is -0.403. The lowest BCUT2D eigenvalue weighted by molar-refractivity contribution is -0.121. The molecule has 6 heteroatoms. The van der Waals surface area contributed by atoms with Crippen LogP contribution in [0.25, 0.3) is 0 Å². The van der Waals surface area contributed by atoms with Crippen molar-refractivity contribution >= 4 is 17.5 Å². The number of nitrogens with zero attached hydrogens (tertiary/aromatic N) is 2. The summed E-state index contributed by atoms with van der Waals surface area (Å²) >= 11 is 0. The van der Waals surface area contributed by atoms with E-state index in [0.717, 1.165) is 30.7 Å². The number of ether oxygens (including phenoxy) is 1. The molecule has 1 fully saturated rings. The predicted molar refractivity (Wildman–Crippen MR) is 102 cm³/mol. The first kappa shape index (κ1) is 17.7. The van der Waals surface area contributed by atoms with E-state index in [1.54, 1.807) is 23.2 Å². The molecule has 0 radical (unpaired) electrons. The van der Waals surface area contributed by atoms with Crippen LogP contribution in [0.15, 0.2) is 42.6 Å². The van der Waals surface area contributed by atoms with E-state index in [2.05, 4.69) is 10.3 Å². The standard InChI is InChI=1S/C21H23N3O3/c1-14-5-2-6-15(11-14)24-18(20-17(21(24)26)8-3-9-22-20)12-19(25)23-13-16-7-4-10-27-16/h2-3,5-6,8-9,11,16,18H,4,7,10,12-13H2,1H3,(H,23,25)/t16-,18+/m1/s1. The number of carbonyl (C=O) groups excluding carboxylic acids is 2. The quantitative estimate of drug-likeness (QED) is 0.884. The van der Waals surface area contributed by atoms with Crippen LogP contribution < -0.4 is 10.2 Å². The first-order valence-electron chi connectivity index (χ1n) is 9.37. The molecule has 27 heavy (non-hydrogen) atoms. The zero-order chi connectivity index (χ0) is 18.8. The van der Waals surface area contributed by atoms with Crippen molar-refractivity contribution in [2.24, 2.45) is 0 Å². The van der Waals surface area contributed by atoms with Crippen LogP contribution in [0, 0.1) is 6.92 Å². The average molecular weight is 365 g/mol. The number of anilines is 1. The number of aryl methyl sites for hydroxylation is 1. The van der Waals surface area contributed by atoms with Crippen LogP contribution in [0.5, 0.6) is 0 Å². The van der Waals surface area contributed by atoms with Gasteiger partial charge in [-0.1, -0.05) is 12.1 Å². The summed E-state index contributed by atoms with van der Waals surface area (Å²) in [5, 5.41) is 2.95. The molecule has 2 atom stereocenters. The number of rotatable bonds is 5. The smallest absolute Gasteiger partial charge is 0.260 e. The van der Waals surface area contributed by atoms with Gasteiger partial charge < -0.3 is 10.1 Å². The largest absolute Gasteiger partial charge is 0.376 e. The molecule has 0 spiro atoms. The summed E-state index contributed by atoms with van der Waals surface area (Å²) in [5.74, 6) is -0.208. The van der Waals surface area contributed by atoms with Gasteiger partial charge in [0.1, 0.15) is 0 Å². The number of pyridine rings is 1. The molecule has 2 aliphatic heterocycles. The van der Waals surface area contributed by atoms with E-state index in [0.29, 0.717) is 17.8 Å². The van der Waals surface area contributed by atoms with E-state index < -0.39 is 6.04 Å². The maximum atomic E-state index is 13.0. The zero-order valence-corrected chi connectivity index (χ0v) is 15.4. The third-order valence-electron chi connectivity index (χ3n) is 5.12. The van der Waals surface area contributed by atoms with Gasteiger partial charge in [-0.05, 0) is 49.6 Å². The monoisotopic (exact) mass is 365 g/mol. The minimum Gasteiger partial charge on any atom is -0.376 e. The van der Waals surface area contributed by atoms with E-state index in [4.69, 9.17) is 4.74 Å². The molecule has 0 saturated carbocycles. The number of hydrogen-bond acceptors (Lipinski definition) is 4. The Balaban J connectivity index is 1.56. The highest BCUT2D eigenvalue weighted by Crippen LogP contribution is 2.38. The highest BCUT2D eigenvalue weighted by molar-refractivity contribution is 6.11. The molecule has 140 valence electrons. The normalized spacial score (nSPS) is 21.4. The van der Waals surface area contributed by atoms with Crippen LogP contribution in [0.1, 0.15) is 46.9 Å². The SMILES string of the molecule is Cc1cccc(N2C(=O)c3cccnc3[C@@H]2CC(=O)NC[C@H]2CCCO2)c1. The van der Waals surface area contributed by atoms with Gasteiger partial charge in [0, 0.05) is 25.0 Å². The maximum absolute atomic E-state index is 13.0. The van der Waals surface area contributed by atoms with Gasteiger partial charge in [-0.3, -0.25) is 19.5 Å². The molecule has 6 nitrogen and oxygen atoms in total.